The molecule has 0 atom stereocenters. The Morgan fingerprint density at radius 2 is 1.55 bits per heavy atom. The second-order valence-electron chi connectivity index (χ2n) is 7.94. The molecular formula is C29H22BrClN2O5. The monoisotopic (exact) mass is 592 g/mol. The third kappa shape index (κ3) is 7.44. The van der Waals surface area contributed by atoms with Crippen molar-refractivity contribution in [3.8, 4) is 17.2 Å². The number of ether oxygens (including phenoxy) is 3. The van der Waals surface area contributed by atoms with E-state index in [-0.39, 0.29) is 5.75 Å². The maximum atomic E-state index is 12.6. The van der Waals surface area contributed by atoms with E-state index in [9.17, 15) is 9.59 Å². The molecule has 0 aliphatic heterocycles. The molecule has 0 aliphatic rings. The van der Waals surface area contributed by atoms with Gasteiger partial charge in [0, 0.05) is 20.6 Å². The van der Waals surface area contributed by atoms with Crippen LogP contribution in [0.15, 0.2) is 101 Å². The number of benzene rings is 4. The summed E-state index contributed by atoms with van der Waals surface area (Å²) in [5, 5.41) is 4.70. The van der Waals surface area contributed by atoms with Crippen molar-refractivity contribution in [3.05, 3.63) is 123 Å². The van der Waals surface area contributed by atoms with E-state index in [0.29, 0.717) is 39.8 Å². The summed E-state index contributed by atoms with van der Waals surface area (Å²) in [7, 11) is 1.55. The summed E-state index contributed by atoms with van der Waals surface area (Å²) in [6.07, 6.45) is 1.41. The average molecular weight is 594 g/mol. The molecule has 4 rings (SSSR count). The zero-order valence-corrected chi connectivity index (χ0v) is 22.5. The molecule has 38 heavy (non-hydrogen) atoms. The fourth-order valence-corrected chi connectivity index (χ4v) is 3.78. The highest BCUT2D eigenvalue weighted by Gasteiger charge is 2.12. The van der Waals surface area contributed by atoms with Gasteiger partial charge in [0.2, 0.25) is 0 Å². The standard InChI is InChI=1S/C29H22BrClN2O5/c1-36-25-11-6-21(7-12-25)29(35)38-27-15-8-23(30)16-22(27)17-32-33-28(34)20-4-13-26(14-5-20)37-18-19-2-9-24(31)10-3-19/h2-17H,18H2,1H3,(H,33,34)/b32-17+. The highest BCUT2D eigenvalue weighted by molar-refractivity contribution is 9.10. The van der Waals surface area contributed by atoms with E-state index in [0.717, 1.165) is 10.0 Å². The van der Waals surface area contributed by atoms with Crippen LogP contribution in [0.25, 0.3) is 0 Å². The minimum absolute atomic E-state index is 0.286. The summed E-state index contributed by atoms with van der Waals surface area (Å²) < 4.78 is 17.2. The Bertz CT molecular complexity index is 1440. The number of methoxy groups -OCH3 is 1. The normalized spacial score (nSPS) is 10.7. The molecule has 0 saturated heterocycles. The number of hydrazone groups is 1. The van der Waals surface area contributed by atoms with E-state index in [4.69, 9.17) is 25.8 Å². The van der Waals surface area contributed by atoms with Crippen LogP contribution in [0.2, 0.25) is 5.02 Å². The van der Waals surface area contributed by atoms with Crippen LogP contribution in [-0.2, 0) is 6.61 Å². The number of nitrogens with zero attached hydrogens (tertiary/aromatic N) is 1. The fourth-order valence-electron chi connectivity index (χ4n) is 3.27. The first-order chi connectivity index (χ1) is 18.4. The quantitative estimate of drug-likeness (QED) is 0.101. The van der Waals surface area contributed by atoms with E-state index in [1.54, 1.807) is 86.0 Å². The third-order valence-electron chi connectivity index (χ3n) is 5.31. The van der Waals surface area contributed by atoms with Crippen LogP contribution in [0, 0.1) is 0 Å². The highest BCUT2D eigenvalue weighted by Crippen LogP contribution is 2.23. The zero-order chi connectivity index (χ0) is 26.9. The van der Waals surface area contributed by atoms with Crippen LogP contribution >= 0.6 is 27.5 Å². The Morgan fingerprint density at radius 1 is 0.895 bits per heavy atom. The first-order valence-corrected chi connectivity index (χ1v) is 12.5. The Hall–Kier alpha value is -4.14. The largest absolute Gasteiger partial charge is 0.497 e. The molecule has 0 aliphatic carbocycles. The Balaban J connectivity index is 1.36. The lowest BCUT2D eigenvalue weighted by atomic mass is 10.2. The van der Waals surface area contributed by atoms with Gasteiger partial charge in [0.1, 0.15) is 23.9 Å². The summed E-state index contributed by atoms with van der Waals surface area (Å²) in [5.41, 5.74) is 4.72. The van der Waals surface area contributed by atoms with Crippen LogP contribution in [0.3, 0.4) is 0 Å². The third-order valence-corrected chi connectivity index (χ3v) is 6.05. The van der Waals surface area contributed by atoms with Crippen molar-refractivity contribution in [1.82, 2.24) is 5.43 Å². The average Bonchev–Trinajstić information content (AvgIpc) is 2.94. The van der Waals surface area contributed by atoms with Gasteiger partial charge in [0.25, 0.3) is 5.91 Å². The van der Waals surface area contributed by atoms with Crippen LogP contribution in [-0.4, -0.2) is 25.2 Å². The maximum Gasteiger partial charge on any atom is 0.343 e. The number of esters is 1. The molecule has 0 fully saturated rings. The van der Waals surface area contributed by atoms with Crippen LogP contribution in [0.5, 0.6) is 17.2 Å². The zero-order valence-electron chi connectivity index (χ0n) is 20.2. The molecule has 0 spiro atoms. The van der Waals surface area contributed by atoms with Gasteiger partial charge in [-0.15, -0.1) is 0 Å². The van der Waals surface area contributed by atoms with Gasteiger partial charge in [-0.05, 0) is 84.4 Å². The van der Waals surface area contributed by atoms with Gasteiger partial charge < -0.3 is 14.2 Å². The fraction of sp³-hybridized carbons (Fsp3) is 0.0690. The van der Waals surface area contributed by atoms with Crippen molar-refractivity contribution in [3.63, 3.8) is 0 Å². The van der Waals surface area contributed by atoms with E-state index < -0.39 is 11.9 Å². The van der Waals surface area contributed by atoms with Crippen molar-refractivity contribution in [1.29, 1.82) is 0 Å². The molecule has 0 radical (unpaired) electrons. The smallest absolute Gasteiger partial charge is 0.343 e. The number of halogens is 2. The minimum Gasteiger partial charge on any atom is -0.497 e. The molecule has 0 saturated carbocycles. The molecule has 0 bridgehead atoms. The van der Waals surface area contributed by atoms with Crippen molar-refractivity contribution in [2.45, 2.75) is 6.61 Å². The number of hydrogen-bond acceptors (Lipinski definition) is 6. The van der Waals surface area contributed by atoms with Crippen LogP contribution in [0.1, 0.15) is 31.8 Å². The van der Waals surface area contributed by atoms with Gasteiger partial charge in [-0.1, -0.05) is 39.7 Å². The second-order valence-corrected chi connectivity index (χ2v) is 9.29. The Morgan fingerprint density at radius 3 is 2.24 bits per heavy atom. The molecule has 4 aromatic carbocycles. The van der Waals surface area contributed by atoms with Crippen molar-refractivity contribution in [2.75, 3.05) is 7.11 Å². The minimum atomic E-state index is -0.535. The lowest BCUT2D eigenvalue weighted by Gasteiger charge is -2.09. The van der Waals surface area contributed by atoms with Gasteiger partial charge >= 0.3 is 5.97 Å². The van der Waals surface area contributed by atoms with E-state index in [1.165, 1.54) is 6.21 Å². The van der Waals surface area contributed by atoms with E-state index in [1.807, 2.05) is 12.1 Å². The number of hydrogen-bond donors (Lipinski definition) is 1. The van der Waals surface area contributed by atoms with Crippen molar-refractivity contribution >= 4 is 45.6 Å². The van der Waals surface area contributed by atoms with E-state index in [2.05, 4.69) is 26.5 Å². The van der Waals surface area contributed by atoms with Gasteiger partial charge in [-0.3, -0.25) is 4.79 Å². The summed E-state index contributed by atoms with van der Waals surface area (Å²) in [6.45, 7) is 0.380. The van der Waals surface area contributed by atoms with Gasteiger partial charge in [0.15, 0.2) is 0 Å². The van der Waals surface area contributed by atoms with Crippen LogP contribution < -0.4 is 19.6 Å². The van der Waals surface area contributed by atoms with Crippen LogP contribution in [0.4, 0.5) is 0 Å². The number of rotatable bonds is 9. The second kappa shape index (κ2) is 12.9. The first-order valence-electron chi connectivity index (χ1n) is 11.4. The Labute approximate surface area is 233 Å². The molecule has 1 N–H and O–H groups in total. The predicted octanol–water partition coefficient (Wildman–Crippen LogP) is 6.67. The van der Waals surface area contributed by atoms with E-state index >= 15 is 0 Å². The van der Waals surface area contributed by atoms with Gasteiger partial charge in [-0.25, -0.2) is 10.2 Å². The topological polar surface area (TPSA) is 86.2 Å². The molecule has 7 nitrogen and oxygen atoms in total. The molecule has 4 aromatic rings. The number of carbonyl (C=O) groups excluding carboxylic acids is 2. The molecule has 1 amide bonds. The SMILES string of the molecule is COc1ccc(C(=O)Oc2ccc(Br)cc2/C=N/NC(=O)c2ccc(OCc3ccc(Cl)cc3)cc2)cc1. The highest BCUT2D eigenvalue weighted by atomic mass is 79.9. The summed E-state index contributed by atoms with van der Waals surface area (Å²) in [5.74, 6) is 0.602. The number of carbonyl (C=O) groups is 2. The lowest BCUT2D eigenvalue weighted by Crippen LogP contribution is -2.17. The molecule has 192 valence electrons. The maximum absolute atomic E-state index is 12.6. The summed E-state index contributed by atoms with van der Waals surface area (Å²) in [6, 6.07) is 25.8. The molecule has 9 heteroatoms. The molecule has 0 aromatic heterocycles. The lowest BCUT2D eigenvalue weighted by molar-refractivity contribution is 0.0734. The van der Waals surface area contributed by atoms with Gasteiger partial charge in [-0.2, -0.15) is 5.10 Å². The molecule has 0 heterocycles. The molecule has 0 unspecified atom stereocenters. The Kier molecular flexibility index (Phi) is 9.13. The van der Waals surface area contributed by atoms with Crippen molar-refractivity contribution in [2.24, 2.45) is 5.10 Å². The molecular weight excluding hydrogens is 572 g/mol. The predicted molar refractivity (Wildman–Crippen MR) is 149 cm³/mol. The number of nitrogens with one attached hydrogen (secondary N) is 1. The summed E-state index contributed by atoms with van der Waals surface area (Å²) >= 11 is 9.30. The van der Waals surface area contributed by atoms with Crippen molar-refractivity contribution < 1.29 is 23.8 Å². The first kappa shape index (κ1) is 26.9. The summed E-state index contributed by atoms with van der Waals surface area (Å²) in [4.78, 5) is 25.1. The number of amides is 1. The van der Waals surface area contributed by atoms with Gasteiger partial charge in [0.05, 0.1) is 18.9 Å².